The number of benzene rings is 1. The highest BCUT2D eigenvalue weighted by Gasteiger charge is 2.10. The molecule has 118 valence electrons. The number of hydrogen-bond acceptors (Lipinski definition) is 3. The van der Waals surface area contributed by atoms with Gasteiger partial charge in [0, 0.05) is 25.4 Å². The fraction of sp³-hybridized carbons (Fsp3) is 0.588. The van der Waals surface area contributed by atoms with Gasteiger partial charge in [0.25, 0.3) is 5.91 Å². The van der Waals surface area contributed by atoms with Gasteiger partial charge in [-0.2, -0.15) is 0 Å². The van der Waals surface area contributed by atoms with Crippen LogP contribution < -0.4 is 10.6 Å². The molecule has 0 heterocycles. The molecule has 0 spiro atoms. The second-order valence-corrected chi connectivity index (χ2v) is 5.46. The Morgan fingerprint density at radius 3 is 2.71 bits per heavy atom. The van der Waals surface area contributed by atoms with Gasteiger partial charge in [0.05, 0.1) is 11.7 Å². The van der Waals surface area contributed by atoms with E-state index < -0.39 is 0 Å². The topological polar surface area (TPSA) is 50.4 Å². The maximum Gasteiger partial charge on any atom is 0.253 e. The molecule has 0 aromatic heterocycles. The number of carbonyl (C=O) groups is 1. The van der Waals surface area contributed by atoms with E-state index in [1.165, 1.54) is 0 Å². The summed E-state index contributed by atoms with van der Waals surface area (Å²) in [6, 6.07) is 5.85. The summed E-state index contributed by atoms with van der Waals surface area (Å²) >= 11 is 0. The molecular formula is C17H28N2O2. The molecule has 1 amide bonds. The first kappa shape index (κ1) is 17.5. The number of unbranched alkanes of at least 4 members (excludes halogenated alkanes) is 1. The molecule has 0 bridgehead atoms. The zero-order valence-electron chi connectivity index (χ0n) is 13.7. The summed E-state index contributed by atoms with van der Waals surface area (Å²) in [6.45, 7) is 10.3. The predicted molar refractivity (Wildman–Crippen MR) is 88.0 cm³/mol. The number of nitrogens with one attached hydrogen (secondary N) is 2. The fourth-order valence-electron chi connectivity index (χ4n) is 2.04. The third kappa shape index (κ3) is 6.63. The Balaban J connectivity index is 2.41. The number of rotatable bonds is 9. The van der Waals surface area contributed by atoms with Crippen molar-refractivity contribution in [3.63, 3.8) is 0 Å². The van der Waals surface area contributed by atoms with Crippen LogP contribution >= 0.6 is 0 Å². The lowest BCUT2D eigenvalue weighted by Crippen LogP contribution is -2.25. The largest absolute Gasteiger partial charge is 0.385 e. The lowest BCUT2D eigenvalue weighted by Gasteiger charge is -2.12. The SMILES string of the molecule is CCNc1cc(C)ccc1C(=O)NCCCCOC(C)C. The van der Waals surface area contributed by atoms with E-state index in [1.54, 1.807) is 0 Å². The van der Waals surface area contributed by atoms with Crippen LogP contribution in [0.5, 0.6) is 0 Å². The van der Waals surface area contributed by atoms with Gasteiger partial charge in [-0.05, 0) is 58.2 Å². The van der Waals surface area contributed by atoms with E-state index in [9.17, 15) is 4.79 Å². The molecule has 1 rings (SSSR count). The molecule has 4 nitrogen and oxygen atoms in total. The Labute approximate surface area is 128 Å². The lowest BCUT2D eigenvalue weighted by molar-refractivity contribution is 0.0754. The molecule has 1 aromatic rings. The number of amides is 1. The molecule has 0 fully saturated rings. The van der Waals surface area contributed by atoms with Gasteiger partial charge < -0.3 is 15.4 Å². The van der Waals surface area contributed by atoms with Gasteiger partial charge in [0.1, 0.15) is 0 Å². The highest BCUT2D eigenvalue weighted by molar-refractivity contribution is 5.99. The third-order valence-corrected chi connectivity index (χ3v) is 3.09. The van der Waals surface area contributed by atoms with E-state index in [2.05, 4.69) is 10.6 Å². The van der Waals surface area contributed by atoms with Gasteiger partial charge in [0.15, 0.2) is 0 Å². The summed E-state index contributed by atoms with van der Waals surface area (Å²) in [5.74, 6) is -0.0178. The molecular weight excluding hydrogens is 264 g/mol. The van der Waals surface area contributed by atoms with Crippen molar-refractivity contribution in [3.05, 3.63) is 29.3 Å². The Kier molecular flexibility index (Phi) is 7.83. The normalized spacial score (nSPS) is 10.7. The maximum atomic E-state index is 12.2. The average Bonchev–Trinajstić information content (AvgIpc) is 2.42. The predicted octanol–water partition coefficient (Wildman–Crippen LogP) is 3.36. The standard InChI is InChI=1S/C17H28N2O2/c1-5-18-16-12-14(4)8-9-15(16)17(20)19-10-6-7-11-21-13(2)3/h8-9,12-13,18H,5-7,10-11H2,1-4H3,(H,19,20). The molecule has 0 saturated heterocycles. The molecule has 0 aliphatic rings. The Hall–Kier alpha value is -1.55. The zero-order valence-corrected chi connectivity index (χ0v) is 13.7. The molecule has 1 aromatic carbocycles. The van der Waals surface area contributed by atoms with E-state index in [-0.39, 0.29) is 12.0 Å². The van der Waals surface area contributed by atoms with Gasteiger partial charge in [-0.15, -0.1) is 0 Å². The second-order valence-electron chi connectivity index (χ2n) is 5.46. The second kappa shape index (κ2) is 9.40. The Morgan fingerprint density at radius 1 is 1.29 bits per heavy atom. The van der Waals surface area contributed by atoms with Crippen molar-refractivity contribution in [1.82, 2.24) is 5.32 Å². The molecule has 4 heteroatoms. The monoisotopic (exact) mass is 292 g/mol. The first-order valence-electron chi connectivity index (χ1n) is 7.79. The Bertz CT molecular complexity index is 444. The minimum atomic E-state index is -0.0178. The number of anilines is 1. The molecule has 0 saturated carbocycles. The average molecular weight is 292 g/mol. The summed E-state index contributed by atoms with van der Waals surface area (Å²) in [4.78, 5) is 12.2. The summed E-state index contributed by atoms with van der Waals surface area (Å²) in [5.41, 5.74) is 2.76. The number of ether oxygens (including phenoxy) is 1. The van der Waals surface area contributed by atoms with Crippen LogP contribution in [-0.2, 0) is 4.74 Å². The van der Waals surface area contributed by atoms with Gasteiger partial charge in [-0.3, -0.25) is 4.79 Å². The number of hydrogen-bond donors (Lipinski definition) is 2. The number of carbonyl (C=O) groups excluding carboxylic acids is 1. The van der Waals surface area contributed by atoms with E-state index >= 15 is 0 Å². The summed E-state index contributed by atoms with van der Waals surface area (Å²) in [7, 11) is 0. The zero-order chi connectivity index (χ0) is 15.7. The van der Waals surface area contributed by atoms with Crippen LogP contribution in [0.4, 0.5) is 5.69 Å². The van der Waals surface area contributed by atoms with Crippen molar-refractivity contribution in [2.75, 3.05) is 25.0 Å². The fourth-order valence-corrected chi connectivity index (χ4v) is 2.04. The highest BCUT2D eigenvalue weighted by atomic mass is 16.5. The molecule has 0 atom stereocenters. The van der Waals surface area contributed by atoms with E-state index in [4.69, 9.17) is 4.74 Å². The molecule has 0 unspecified atom stereocenters. The number of aryl methyl sites for hydroxylation is 1. The van der Waals surface area contributed by atoms with Crippen LogP contribution in [0.25, 0.3) is 0 Å². The minimum absolute atomic E-state index is 0.0178. The van der Waals surface area contributed by atoms with Crippen molar-refractivity contribution >= 4 is 11.6 Å². The van der Waals surface area contributed by atoms with Gasteiger partial charge in [-0.25, -0.2) is 0 Å². The van der Waals surface area contributed by atoms with Crippen LogP contribution in [0, 0.1) is 6.92 Å². The first-order chi connectivity index (χ1) is 10.0. The summed E-state index contributed by atoms with van der Waals surface area (Å²) in [6.07, 6.45) is 2.17. The van der Waals surface area contributed by atoms with Crippen LogP contribution in [0.15, 0.2) is 18.2 Å². The van der Waals surface area contributed by atoms with Crippen molar-refractivity contribution in [2.24, 2.45) is 0 Å². The highest BCUT2D eigenvalue weighted by Crippen LogP contribution is 2.17. The van der Waals surface area contributed by atoms with Gasteiger partial charge in [0.2, 0.25) is 0 Å². The summed E-state index contributed by atoms with van der Waals surface area (Å²) < 4.78 is 5.48. The van der Waals surface area contributed by atoms with Crippen LogP contribution in [-0.4, -0.2) is 31.7 Å². The van der Waals surface area contributed by atoms with Crippen molar-refractivity contribution < 1.29 is 9.53 Å². The smallest absolute Gasteiger partial charge is 0.253 e. The molecule has 21 heavy (non-hydrogen) atoms. The van der Waals surface area contributed by atoms with E-state index in [0.717, 1.165) is 37.2 Å². The molecule has 0 radical (unpaired) electrons. The van der Waals surface area contributed by atoms with Crippen LogP contribution in [0.2, 0.25) is 0 Å². The lowest BCUT2D eigenvalue weighted by atomic mass is 10.1. The van der Waals surface area contributed by atoms with Gasteiger partial charge in [-0.1, -0.05) is 6.07 Å². The quantitative estimate of drug-likeness (QED) is 0.686. The van der Waals surface area contributed by atoms with Crippen LogP contribution in [0.3, 0.4) is 0 Å². The van der Waals surface area contributed by atoms with Crippen molar-refractivity contribution in [1.29, 1.82) is 0 Å². The van der Waals surface area contributed by atoms with Crippen molar-refractivity contribution in [3.8, 4) is 0 Å². The van der Waals surface area contributed by atoms with Crippen LogP contribution in [0.1, 0.15) is 49.5 Å². The minimum Gasteiger partial charge on any atom is -0.385 e. The Morgan fingerprint density at radius 2 is 2.05 bits per heavy atom. The van der Waals surface area contributed by atoms with Gasteiger partial charge >= 0.3 is 0 Å². The molecule has 0 aliphatic heterocycles. The first-order valence-corrected chi connectivity index (χ1v) is 7.79. The third-order valence-electron chi connectivity index (χ3n) is 3.09. The molecule has 0 aliphatic carbocycles. The van der Waals surface area contributed by atoms with E-state index in [0.29, 0.717) is 12.1 Å². The summed E-state index contributed by atoms with van der Waals surface area (Å²) in [5, 5.41) is 6.21. The molecule has 2 N–H and O–H groups in total. The maximum absolute atomic E-state index is 12.2. The van der Waals surface area contributed by atoms with E-state index in [1.807, 2.05) is 45.9 Å². The van der Waals surface area contributed by atoms with Crippen molar-refractivity contribution in [2.45, 2.75) is 46.6 Å².